The van der Waals surface area contributed by atoms with Crippen LogP contribution < -0.4 is 4.90 Å². The topological polar surface area (TPSA) is 41.9 Å². The minimum Gasteiger partial charge on any atom is -0.309 e. The molecular formula is C54H36N4. The van der Waals surface area contributed by atoms with Gasteiger partial charge in [0.2, 0.25) is 0 Å². The number of anilines is 3. The molecule has 4 nitrogen and oxygen atoms in total. The molecule has 0 fully saturated rings. The molecular weight excluding hydrogens is 705 g/mol. The molecule has 0 unspecified atom stereocenters. The Bertz CT molecular complexity index is 2990. The molecule has 0 atom stereocenters. The third-order valence-corrected chi connectivity index (χ3v) is 11.3. The molecule has 58 heavy (non-hydrogen) atoms. The van der Waals surface area contributed by atoms with E-state index in [1.807, 2.05) is 60.7 Å². The number of benzene rings is 9. The minimum absolute atomic E-state index is 0.668. The molecule has 1 aliphatic rings. The molecule has 0 radical (unpaired) electrons. The first-order valence-corrected chi connectivity index (χ1v) is 19.7. The average molecular weight is 741 g/mol. The fraction of sp³-hybridized carbons (Fsp3) is 0.0185. The van der Waals surface area contributed by atoms with Gasteiger partial charge in [-0.15, -0.1) is 0 Å². The summed E-state index contributed by atoms with van der Waals surface area (Å²) in [7, 11) is 0. The lowest BCUT2D eigenvalue weighted by molar-refractivity contribution is 1.07. The molecule has 11 rings (SSSR count). The first-order chi connectivity index (χ1) is 28.7. The van der Waals surface area contributed by atoms with Gasteiger partial charge in [-0.2, -0.15) is 0 Å². The lowest BCUT2D eigenvalue weighted by Gasteiger charge is -2.28. The van der Waals surface area contributed by atoms with E-state index in [-0.39, 0.29) is 0 Å². The summed E-state index contributed by atoms with van der Waals surface area (Å²) in [5, 5.41) is 4.86. The van der Waals surface area contributed by atoms with Crippen molar-refractivity contribution in [2.45, 2.75) is 6.42 Å². The number of hydrogen-bond acceptors (Lipinski definition) is 4. The second-order valence-electron chi connectivity index (χ2n) is 14.8. The molecule has 1 aromatic heterocycles. The molecule has 0 aliphatic heterocycles. The van der Waals surface area contributed by atoms with Gasteiger partial charge in [0.25, 0.3) is 0 Å². The Kier molecular flexibility index (Phi) is 8.18. The van der Waals surface area contributed by atoms with E-state index in [2.05, 4.69) is 150 Å². The summed E-state index contributed by atoms with van der Waals surface area (Å²) in [5.74, 6) is 2.01. The van der Waals surface area contributed by atoms with Gasteiger partial charge in [-0.05, 0) is 87.0 Å². The molecule has 0 saturated heterocycles. The fourth-order valence-electron chi connectivity index (χ4n) is 8.46. The van der Waals surface area contributed by atoms with Gasteiger partial charge >= 0.3 is 0 Å². The van der Waals surface area contributed by atoms with Crippen LogP contribution in [0.2, 0.25) is 0 Å². The van der Waals surface area contributed by atoms with Crippen molar-refractivity contribution in [2.24, 2.45) is 0 Å². The molecule has 4 heteroatoms. The summed E-state index contributed by atoms with van der Waals surface area (Å²) in [6.45, 7) is 0. The van der Waals surface area contributed by atoms with Crippen LogP contribution in [-0.4, -0.2) is 15.0 Å². The van der Waals surface area contributed by atoms with Crippen LogP contribution >= 0.6 is 0 Å². The Morgan fingerprint density at radius 3 is 1.43 bits per heavy atom. The van der Waals surface area contributed by atoms with Crippen molar-refractivity contribution in [2.75, 3.05) is 4.90 Å². The van der Waals surface area contributed by atoms with Gasteiger partial charge in [0.1, 0.15) is 0 Å². The molecule has 0 saturated carbocycles. The maximum absolute atomic E-state index is 4.99. The zero-order valence-corrected chi connectivity index (χ0v) is 31.6. The fourth-order valence-corrected chi connectivity index (χ4v) is 8.46. The zero-order valence-electron chi connectivity index (χ0n) is 31.6. The average Bonchev–Trinajstić information content (AvgIpc) is 3.67. The largest absolute Gasteiger partial charge is 0.309 e. The van der Waals surface area contributed by atoms with Gasteiger partial charge < -0.3 is 4.90 Å². The first-order valence-electron chi connectivity index (χ1n) is 19.7. The normalized spacial score (nSPS) is 11.7. The molecule has 1 heterocycles. The molecule has 0 amide bonds. The number of rotatable bonds is 7. The molecule has 0 spiro atoms. The summed E-state index contributed by atoms with van der Waals surface area (Å²) in [5.41, 5.74) is 13.9. The van der Waals surface area contributed by atoms with E-state index < -0.39 is 0 Å². The van der Waals surface area contributed by atoms with E-state index in [4.69, 9.17) is 15.0 Å². The predicted molar refractivity (Wildman–Crippen MR) is 240 cm³/mol. The summed E-state index contributed by atoms with van der Waals surface area (Å²) in [4.78, 5) is 17.3. The summed E-state index contributed by atoms with van der Waals surface area (Å²) < 4.78 is 0. The lowest BCUT2D eigenvalue weighted by Crippen LogP contribution is -2.11. The number of nitrogens with zero attached hydrogens (tertiary/aromatic N) is 4. The standard InChI is InChI=1S/C54H36N4/c1-3-15-39(16-4-1)52-55-53(40-17-5-2-6-18-40)57-54(56-52)43-29-32-46-44(34-43)33-42-26-25-41(35-49(42)46)36-27-30-45(31-28-36)58(50-23-11-19-37-13-7-9-21-47(37)50)51-24-12-20-38-14-8-10-22-48(38)51/h1-32,34-35H,33H2. The minimum atomic E-state index is 0.668. The Morgan fingerprint density at radius 2 is 0.828 bits per heavy atom. The maximum Gasteiger partial charge on any atom is 0.164 e. The summed E-state index contributed by atoms with van der Waals surface area (Å²) in [6.07, 6.45) is 0.866. The maximum atomic E-state index is 4.99. The first kappa shape index (κ1) is 33.6. The Labute approximate surface area is 337 Å². The van der Waals surface area contributed by atoms with E-state index in [0.29, 0.717) is 17.5 Å². The highest BCUT2D eigenvalue weighted by Crippen LogP contribution is 2.44. The monoisotopic (exact) mass is 740 g/mol. The van der Waals surface area contributed by atoms with Crippen LogP contribution in [0, 0.1) is 0 Å². The third-order valence-electron chi connectivity index (χ3n) is 11.3. The Morgan fingerprint density at radius 1 is 0.328 bits per heavy atom. The SMILES string of the molecule is c1ccc(-c2nc(-c3ccccc3)nc(-c3ccc4c(c3)Cc3ccc(-c5ccc(N(c6cccc7ccccc67)c6cccc7ccccc67)cc5)cc3-4)n2)cc1. The van der Waals surface area contributed by atoms with Crippen LogP contribution in [0.25, 0.3) is 78.0 Å². The lowest BCUT2D eigenvalue weighted by atomic mass is 9.97. The van der Waals surface area contributed by atoms with Gasteiger partial charge in [-0.25, -0.2) is 15.0 Å². The van der Waals surface area contributed by atoms with Crippen LogP contribution in [0.4, 0.5) is 17.1 Å². The van der Waals surface area contributed by atoms with Crippen LogP contribution in [0.1, 0.15) is 11.1 Å². The zero-order chi connectivity index (χ0) is 38.4. The van der Waals surface area contributed by atoms with E-state index >= 15 is 0 Å². The highest BCUT2D eigenvalue weighted by molar-refractivity contribution is 6.04. The summed E-state index contributed by atoms with van der Waals surface area (Å²) in [6, 6.07) is 73.3. The van der Waals surface area contributed by atoms with Crippen molar-refractivity contribution in [3.8, 4) is 56.4 Å². The van der Waals surface area contributed by atoms with E-state index in [0.717, 1.165) is 40.2 Å². The smallest absolute Gasteiger partial charge is 0.164 e. The van der Waals surface area contributed by atoms with E-state index in [9.17, 15) is 0 Å². The second kappa shape index (κ2) is 14.1. The molecule has 0 N–H and O–H groups in total. The van der Waals surface area contributed by atoms with Crippen LogP contribution in [0.3, 0.4) is 0 Å². The van der Waals surface area contributed by atoms with Gasteiger partial charge in [-0.1, -0.05) is 170 Å². The third kappa shape index (κ3) is 5.99. The second-order valence-corrected chi connectivity index (χ2v) is 14.8. The highest BCUT2D eigenvalue weighted by atomic mass is 15.1. The number of hydrogen-bond donors (Lipinski definition) is 0. The van der Waals surface area contributed by atoms with E-state index in [1.165, 1.54) is 54.9 Å². The van der Waals surface area contributed by atoms with Crippen molar-refractivity contribution in [3.05, 3.63) is 217 Å². The number of fused-ring (bicyclic) bond motifs is 5. The quantitative estimate of drug-likeness (QED) is 0.163. The van der Waals surface area contributed by atoms with Crippen LogP contribution in [-0.2, 0) is 6.42 Å². The van der Waals surface area contributed by atoms with E-state index in [1.54, 1.807) is 0 Å². The highest BCUT2D eigenvalue weighted by Gasteiger charge is 2.22. The van der Waals surface area contributed by atoms with Gasteiger partial charge in [0.05, 0.1) is 11.4 Å². The van der Waals surface area contributed by atoms with Crippen molar-refractivity contribution in [1.82, 2.24) is 15.0 Å². The van der Waals surface area contributed by atoms with Crippen molar-refractivity contribution in [1.29, 1.82) is 0 Å². The summed E-state index contributed by atoms with van der Waals surface area (Å²) >= 11 is 0. The molecule has 0 bridgehead atoms. The van der Waals surface area contributed by atoms with Gasteiger partial charge in [0.15, 0.2) is 17.5 Å². The van der Waals surface area contributed by atoms with Crippen LogP contribution in [0.5, 0.6) is 0 Å². The van der Waals surface area contributed by atoms with Crippen molar-refractivity contribution < 1.29 is 0 Å². The Balaban J connectivity index is 0.948. The van der Waals surface area contributed by atoms with Crippen molar-refractivity contribution in [3.63, 3.8) is 0 Å². The Hall–Kier alpha value is -7.69. The molecule has 1 aliphatic carbocycles. The molecule has 9 aromatic carbocycles. The number of aromatic nitrogens is 3. The molecule has 272 valence electrons. The van der Waals surface area contributed by atoms with Gasteiger partial charge in [0, 0.05) is 33.2 Å². The van der Waals surface area contributed by atoms with Gasteiger partial charge in [-0.3, -0.25) is 0 Å². The predicted octanol–water partition coefficient (Wildman–Crippen LogP) is 13.9. The van der Waals surface area contributed by atoms with Crippen molar-refractivity contribution >= 4 is 38.6 Å². The molecule has 10 aromatic rings. The van der Waals surface area contributed by atoms with Crippen LogP contribution in [0.15, 0.2) is 206 Å².